The topological polar surface area (TPSA) is 32.3 Å². The normalized spacial score (nSPS) is 22.2. The smallest absolute Gasteiger partial charge is 0.223 e. The number of amides is 1. The largest absolute Gasteiger partial charge is 0.335 e. The molecule has 1 fully saturated rings. The number of rotatable bonds is 5. The van der Waals surface area contributed by atoms with Crippen LogP contribution in [0.1, 0.15) is 37.8 Å². The van der Waals surface area contributed by atoms with Crippen LogP contribution in [-0.4, -0.2) is 30.9 Å². The summed E-state index contributed by atoms with van der Waals surface area (Å²) >= 11 is 0. The zero-order chi connectivity index (χ0) is 14.5. The van der Waals surface area contributed by atoms with E-state index in [9.17, 15) is 9.18 Å². The van der Waals surface area contributed by atoms with Crippen LogP contribution in [-0.2, 0) is 4.79 Å². The average molecular weight is 278 g/mol. The highest BCUT2D eigenvalue weighted by molar-refractivity contribution is 5.77. The van der Waals surface area contributed by atoms with Gasteiger partial charge in [0.1, 0.15) is 5.82 Å². The summed E-state index contributed by atoms with van der Waals surface area (Å²) in [5, 5.41) is 3.05. The fourth-order valence-corrected chi connectivity index (χ4v) is 2.99. The van der Waals surface area contributed by atoms with Gasteiger partial charge in [-0.2, -0.15) is 0 Å². The molecule has 0 aromatic heterocycles. The molecule has 0 aliphatic carbocycles. The van der Waals surface area contributed by atoms with Crippen molar-refractivity contribution in [2.75, 3.05) is 20.1 Å². The van der Waals surface area contributed by atoms with Gasteiger partial charge in [-0.1, -0.05) is 19.1 Å². The van der Waals surface area contributed by atoms with Gasteiger partial charge in [-0.05, 0) is 50.0 Å². The monoisotopic (exact) mass is 278 g/mol. The molecule has 0 saturated carbocycles. The van der Waals surface area contributed by atoms with Crippen LogP contribution in [0.4, 0.5) is 4.39 Å². The van der Waals surface area contributed by atoms with Gasteiger partial charge in [-0.3, -0.25) is 4.79 Å². The number of benzene rings is 1. The first kappa shape index (κ1) is 15.0. The lowest BCUT2D eigenvalue weighted by Gasteiger charge is -2.27. The molecule has 1 aliphatic heterocycles. The standard InChI is InChI=1S/C16H23FN2O/c1-12-8-10-19(15(20)7-4-9-18-2)16(12)13-5-3-6-14(17)11-13/h3,5-6,11-12,16,18H,4,7-10H2,1-2H3. The first-order valence-corrected chi connectivity index (χ1v) is 7.33. The summed E-state index contributed by atoms with van der Waals surface area (Å²) in [7, 11) is 1.89. The van der Waals surface area contributed by atoms with Gasteiger partial charge in [0, 0.05) is 13.0 Å². The zero-order valence-electron chi connectivity index (χ0n) is 12.2. The second-order valence-electron chi connectivity index (χ2n) is 5.56. The Morgan fingerprint density at radius 2 is 2.30 bits per heavy atom. The molecule has 110 valence electrons. The molecule has 1 amide bonds. The fourth-order valence-electron chi connectivity index (χ4n) is 2.99. The molecule has 1 N–H and O–H groups in total. The summed E-state index contributed by atoms with van der Waals surface area (Å²) in [4.78, 5) is 14.3. The predicted molar refractivity (Wildman–Crippen MR) is 77.8 cm³/mol. The van der Waals surface area contributed by atoms with E-state index in [1.807, 2.05) is 18.0 Å². The third-order valence-electron chi connectivity index (χ3n) is 4.03. The summed E-state index contributed by atoms with van der Waals surface area (Å²) in [6.07, 6.45) is 2.38. The maximum atomic E-state index is 13.4. The molecule has 1 aliphatic rings. The zero-order valence-corrected chi connectivity index (χ0v) is 12.2. The first-order chi connectivity index (χ1) is 9.63. The van der Waals surface area contributed by atoms with E-state index in [0.29, 0.717) is 12.3 Å². The van der Waals surface area contributed by atoms with Crippen molar-refractivity contribution in [3.05, 3.63) is 35.6 Å². The van der Waals surface area contributed by atoms with Crippen molar-refractivity contribution in [2.24, 2.45) is 5.92 Å². The maximum absolute atomic E-state index is 13.4. The van der Waals surface area contributed by atoms with Crippen LogP contribution in [0.5, 0.6) is 0 Å². The van der Waals surface area contributed by atoms with Crippen LogP contribution in [0.2, 0.25) is 0 Å². The second kappa shape index (κ2) is 6.84. The van der Waals surface area contributed by atoms with Gasteiger partial charge in [-0.15, -0.1) is 0 Å². The summed E-state index contributed by atoms with van der Waals surface area (Å²) < 4.78 is 13.4. The number of hydrogen-bond acceptors (Lipinski definition) is 2. The summed E-state index contributed by atoms with van der Waals surface area (Å²) in [6, 6.07) is 6.67. The van der Waals surface area contributed by atoms with E-state index in [1.165, 1.54) is 6.07 Å². The molecule has 4 heteroatoms. The van der Waals surface area contributed by atoms with Crippen molar-refractivity contribution in [1.29, 1.82) is 0 Å². The molecule has 1 aromatic carbocycles. The first-order valence-electron chi connectivity index (χ1n) is 7.33. The number of halogens is 1. The highest BCUT2D eigenvalue weighted by Gasteiger charge is 2.35. The molecule has 20 heavy (non-hydrogen) atoms. The van der Waals surface area contributed by atoms with E-state index < -0.39 is 0 Å². The van der Waals surface area contributed by atoms with Gasteiger partial charge >= 0.3 is 0 Å². The molecule has 1 heterocycles. The fraction of sp³-hybridized carbons (Fsp3) is 0.562. The predicted octanol–water partition coefficient (Wildman–Crippen LogP) is 2.73. The third-order valence-corrected chi connectivity index (χ3v) is 4.03. The summed E-state index contributed by atoms with van der Waals surface area (Å²) in [5.74, 6) is 0.327. The number of nitrogens with one attached hydrogen (secondary N) is 1. The van der Waals surface area contributed by atoms with E-state index in [2.05, 4.69) is 12.2 Å². The van der Waals surface area contributed by atoms with Crippen molar-refractivity contribution in [3.63, 3.8) is 0 Å². The van der Waals surface area contributed by atoms with Crippen molar-refractivity contribution in [3.8, 4) is 0 Å². The third kappa shape index (κ3) is 3.37. The Morgan fingerprint density at radius 1 is 1.50 bits per heavy atom. The molecule has 1 aromatic rings. The number of carbonyl (C=O) groups excluding carboxylic acids is 1. The summed E-state index contributed by atoms with van der Waals surface area (Å²) in [6.45, 7) is 3.76. The maximum Gasteiger partial charge on any atom is 0.223 e. The Morgan fingerprint density at radius 3 is 3.00 bits per heavy atom. The molecule has 0 spiro atoms. The Kier molecular flexibility index (Phi) is 5.12. The van der Waals surface area contributed by atoms with E-state index in [0.717, 1.165) is 31.5 Å². The highest BCUT2D eigenvalue weighted by Crippen LogP contribution is 2.37. The van der Waals surface area contributed by atoms with Gasteiger partial charge in [0.05, 0.1) is 6.04 Å². The van der Waals surface area contributed by atoms with Crippen molar-refractivity contribution in [2.45, 2.75) is 32.2 Å². The summed E-state index contributed by atoms with van der Waals surface area (Å²) in [5.41, 5.74) is 0.914. The molecule has 3 nitrogen and oxygen atoms in total. The lowest BCUT2D eigenvalue weighted by Crippen LogP contribution is -2.32. The second-order valence-corrected chi connectivity index (χ2v) is 5.56. The lowest BCUT2D eigenvalue weighted by molar-refractivity contribution is -0.132. The van der Waals surface area contributed by atoms with Gasteiger partial charge in [0.2, 0.25) is 5.91 Å². The molecular weight excluding hydrogens is 255 g/mol. The minimum Gasteiger partial charge on any atom is -0.335 e. The number of hydrogen-bond donors (Lipinski definition) is 1. The van der Waals surface area contributed by atoms with Crippen molar-refractivity contribution in [1.82, 2.24) is 10.2 Å². The van der Waals surface area contributed by atoms with E-state index in [-0.39, 0.29) is 17.8 Å². The van der Waals surface area contributed by atoms with E-state index in [4.69, 9.17) is 0 Å². The molecule has 2 atom stereocenters. The Hall–Kier alpha value is -1.42. The van der Waals surface area contributed by atoms with E-state index >= 15 is 0 Å². The highest BCUT2D eigenvalue weighted by atomic mass is 19.1. The quantitative estimate of drug-likeness (QED) is 0.840. The Labute approximate surface area is 120 Å². The number of likely N-dealkylation sites (tertiary alicyclic amines) is 1. The molecule has 0 radical (unpaired) electrons. The van der Waals surface area contributed by atoms with Gasteiger partial charge < -0.3 is 10.2 Å². The lowest BCUT2D eigenvalue weighted by atomic mass is 9.95. The van der Waals surface area contributed by atoms with Crippen LogP contribution in [0, 0.1) is 11.7 Å². The molecule has 2 rings (SSSR count). The number of carbonyl (C=O) groups is 1. The van der Waals surface area contributed by atoms with Gasteiger partial charge in [-0.25, -0.2) is 4.39 Å². The SMILES string of the molecule is CNCCCC(=O)N1CCC(C)C1c1cccc(F)c1. The minimum atomic E-state index is -0.232. The molecule has 2 unspecified atom stereocenters. The number of nitrogens with zero attached hydrogens (tertiary/aromatic N) is 1. The van der Waals surface area contributed by atoms with Crippen LogP contribution < -0.4 is 5.32 Å². The van der Waals surface area contributed by atoms with Crippen LogP contribution in [0.25, 0.3) is 0 Å². The van der Waals surface area contributed by atoms with Gasteiger partial charge in [0.15, 0.2) is 0 Å². The van der Waals surface area contributed by atoms with Crippen molar-refractivity contribution < 1.29 is 9.18 Å². The van der Waals surface area contributed by atoms with Crippen LogP contribution >= 0.6 is 0 Å². The van der Waals surface area contributed by atoms with E-state index in [1.54, 1.807) is 12.1 Å². The molecular formula is C16H23FN2O. The molecule has 1 saturated heterocycles. The van der Waals surface area contributed by atoms with Crippen LogP contribution in [0.3, 0.4) is 0 Å². The van der Waals surface area contributed by atoms with Crippen molar-refractivity contribution >= 4 is 5.91 Å². The Bertz CT molecular complexity index is 464. The molecule has 0 bridgehead atoms. The van der Waals surface area contributed by atoms with Crippen LogP contribution in [0.15, 0.2) is 24.3 Å². The average Bonchev–Trinajstić information content (AvgIpc) is 2.81. The minimum absolute atomic E-state index is 0.0211. The van der Waals surface area contributed by atoms with Gasteiger partial charge in [0.25, 0.3) is 0 Å². The Balaban J connectivity index is 2.10.